The fourth-order valence-corrected chi connectivity index (χ4v) is 2.01. The number of hydrogen-bond donors (Lipinski definition) is 2. The molecule has 0 saturated carbocycles. The molecule has 0 spiro atoms. The van der Waals surface area contributed by atoms with Crippen molar-refractivity contribution < 1.29 is 4.79 Å². The van der Waals surface area contributed by atoms with Crippen LogP contribution >= 0.6 is 0 Å². The van der Waals surface area contributed by atoms with E-state index in [-0.39, 0.29) is 5.91 Å². The highest BCUT2D eigenvalue weighted by Crippen LogP contribution is 2.04. The average molecular weight is 281 g/mol. The minimum Gasteiger partial charge on any atom is -0.347 e. The van der Waals surface area contributed by atoms with Gasteiger partial charge in [0.15, 0.2) is 0 Å². The molecule has 3 aromatic rings. The van der Waals surface area contributed by atoms with Gasteiger partial charge in [0, 0.05) is 18.3 Å². The lowest BCUT2D eigenvalue weighted by molar-refractivity contribution is 0.0946. The van der Waals surface area contributed by atoms with E-state index in [2.05, 4.69) is 32.5 Å². The monoisotopic (exact) mass is 281 g/mol. The summed E-state index contributed by atoms with van der Waals surface area (Å²) < 4.78 is 1.85. The Morgan fingerprint density at radius 2 is 2.05 bits per heavy atom. The summed E-state index contributed by atoms with van der Waals surface area (Å²) in [7, 11) is 0. The topological polar surface area (TPSA) is 75.6 Å². The molecule has 0 fully saturated rings. The minimum atomic E-state index is -0.177. The van der Waals surface area contributed by atoms with Crippen molar-refractivity contribution in [2.24, 2.45) is 0 Å². The highest BCUT2D eigenvalue weighted by Gasteiger charge is 2.07. The van der Waals surface area contributed by atoms with Crippen LogP contribution in [0.4, 0.5) is 0 Å². The second kappa shape index (κ2) is 6.04. The first kappa shape index (κ1) is 13.1. The van der Waals surface area contributed by atoms with Crippen molar-refractivity contribution in [3.05, 3.63) is 72.1 Å². The molecule has 0 radical (unpaired) electrons. The Labute approximate surface area is 121 Å². The first-order valence-electron chi connectivity index (χ1n) is 6.63. The zero-order chi connectivity index (χ0) is 14.5. The maximum absolute atomic E-state index is 11.8. The predicted molar refractivity (Wildman–Crippen MR) is 77.5 cm³/mol. The largest absolute Gasteiger partial charge is 0.347 e. The Bertz CT molecular complexity index is 703. The van der Waals surface area contributed by atoms with E-state index in [0.29, 0.717) is 12.2 Å². The van der Waals surface area contributed by atoms with Gasteiger partial charge in [-0.3, -0.25) is 9.48 Å². The quantitative estimate of drug-likeness (QED) is 0.745. The molecule has 2 N–H and O–H groups in total. The summed E-state index contributed by atoms with van der Waals surface area (Å²) in [5.41, 5.74) is 2.60. The highest BCUT2D eigenvalue weighted by atomic mass is 16.1. The molecule has 2 heterocycles. The van der Waals surface area contributed by atoms with Crippen LogP contribution in [0.3, 0.4) is 0 Å². The van der Waals surface area contributed by atoms with Crippen LogP contribution in [0.25, 0.3) is 0 Å². The van der Waals surface area contributed by atoms with E-state index in [1.807, 2.05) is 29.1 Å². The normalized spacial score (nSPS) is 10.5. The van der Waals surface area contributed by atoms with Gasteiger partial charge in [-0.15, -0.1) is 0 Å². The van der Waals surface area contributed by atoms with Gasteiger partial charge in [-0.25, -0.2) is 4.98 Å². The van der Waals surface area contributed by atoms with Gasteiger partial charge >= 0.3 is 0 Å². The Morgan fingerprint density at radius 3 is 2.81 bits per heavy atom. The third kappa shape index (κ3) is 3.36. The lowest BCUT2D eigenvalue weighted by atomic mass is 10.2. The Hall–Kier alpha value is -2.89. The van der Waals surface area contributed by atoms with Crippen molar-refractivity contribution >= 4 is 5.91 Å². The van der Waals surface area contributed by atoms with Crippen LogP contribution in [-0.4, -0.2) is 25.7 Å². The van der Waals surface area contributed by atoms with E-state index in [1.54, 1.807) is 6.20 Å². The summed E-state index contributed by atoms with van der Waals surface area (Å²) in [6.45, 7) is 1.15. The molecule has 0 aliphatic carbocycles. The van der Waals surface area contributed by atoms with Crippen molar-refractivity contribution in [2.75, 3.05) is 0 Å². The molecule has 0 aliphatic rings. The SMILES string of the molecule is O=C(NCc1cnn(Cc2ccccc2)c1)c1cnc[nH]1. The summed E-state index contributed by atoms with van der Waals surface area (Å²) in [6.07, 6.45) is 6.66. The van der Waals surface area contributed by atoms with Crippen LogP contribution in [0.1, 0.15) is 21.6 Å². The number of aromatic nitrogens is 4. The van der Waals surface area contributed by atoms with Crippen molar-refractivity contribution in [3.8, 4) is 0 Å². The molecule has 3 rings (SSSR count). The summed E-state index contributed by atoms with van der Waals surface area (Å²) in [5.74, 6) is -0.177. The van der Waals surface area contributed by atoms with E-state index < -0.39 is 0 Å². The molecule has 106 valence electrons. The predicted octanol–water partition coefficient (Wildman–Crippen LogP) is 1.58. The third-order valence-corrected chi connectivity index (χ3v) is 3.07. The molecular weight excluding hydrogens is 266 g/mol. The number of hydrogen-bond acceptors (Lipinski definition) is 3. The summed E-state index contributed by atoms with van der Waals surface area (Å²) in [4.78, 5) is 18.4. The second-order valence-electron chi connectivity index (χ2n) is 4.68. The van der Waals surface area contributed by atoms with E-state index in [1.165, 1.54) is 18.1 Å². The number of carbonyl (C=O) groups excluding carboxylic acids is 1. The van der Waals surface area contributed by atoms with Gasteiger partial charge < -0.3 is 10.3 Å². The van der Waals surface area contributed by atoms with E-state index in [9.17, 15) is 4.79 Å². The molecule has 21 heavy (non-hydrogen) atoms. The van der Waals surface area contributed by atoms with Crippen LogP contribution < -0.4 is 5.32 Å². The number of carbonyl (C=O) groups is 1. The lowest BCUT2D eigenvalue weighted by Crippen LogP contribution is -2.22. The molecule has 0 saturated heterocycles. The average Bonchev–Trinajstić information content (AvgIpc) is 3.17. The summed E-state index contributed by atoms with van der Waals surface area (Å²) in [5, 5.41) is 7.11. The van der Waals surface area contributed by atoms with Crippen molar-refractivity contribution in [3.63, 3.8) is 0 Å². The zero-order valence-corrected chi connectivity index (χ0v) is 11.4. The first-order chi connectivity index (χ1) is 10.3. The number of H-pyrrole nitrogens is 1. The molecule has 6 heteroatoms. The number of aromatic amines is 1. The minimum absolute atomic E-state index is 0.177. The standard InChI is InChI=1S/C15H15N5O/c21-15(14-8-16-11-18-14)17-6-13-7-19-20(10-13)9-12-4-2-1-3-5-12/h1-5,7-8,10-11H,6,9H2,(H,16,18)(H,17,21). The van der Waals surface area contributed by atoms with Gasteiger partial charge in [-0.1, -0.05) is 30.3 Å². The van der Waals surface area contributed by atoms with Crippen LogP contribution in [0.15, 0.2) is 55.2 Å². The number of amides is 1. The van der Waals surface area contributed by atoms with Crippen LogP contribution in [0.2, 0.25) is 0 Å². The molecule has 1 aromatic carbocycles. The van der Waals surface area contributed by atoms with Gasteiger partial charge in [0.05, 0.1) is 25.3 Å². The van der Waals surface area contributed by atoms with Crippen LogP contribution in [0, 0.1) is 0 Å². The fraction of sp³-hybridized carbons (Fsp3) is 0.133. The number of nitrogens with zero attached hydrogens (tertiary/aromatic N) is 3. The number of rotatable bonds is 5. The summed E-state index contributed by atoms with van der Waals surface area (Å²) in [6, 6.07) is 10.1. The Balaban J connectivity index is 1.57. The first-order valence-corrected chi connectivity index (χ1v) is 6.63. The van der Waals surface area contributed by atoms with Gasteiger partial charge in [0.25, 0.3) is 5.91 Å². The van der Waals surface area contributed by atoms with E-state index >= 15 is 0 Å². The van der Waals surface area contributed by atoms with Gasteiger partial charge in [-0.2, -0.15) is 5.10 Å². The van der Waals surface area contributed by atoms with Crippen molar-refractivity contribution in [2.45, 2.75) is 13.1 Å². The molecule has 2 aromatic heterocycles. The van der Waals surface area contributed by atoms with Crippen LogP contribution in [-0.2, 0) is 13.1 Å². The lowest BCUT2D eigenvalue weighted by Gasteiger charge is -2.02. The number of benzene rings is 1. The molecule has 0 atom stereocenters. The molecular formula is C15H15N5O. The Kier molecular flexibility index (Phi) is 3.77. The molecule has 0 unspecified atom stereocenters. The third-order valence-electron chi connectivity index (χ3n) is 3.07. The maximum atomic E-state index is 11.8. The second-order valence-corrected chi connectivity index (χ2v) is 4.68. The van der Waals surface area contributed by atoms with Crippen LogP contribution in [0.5, 0.6) is 0 Å². The molecule has 0 bridgehead atoms. The molecule has 1 amide bonds. The van der Waals surface area contributed by atoms with Gasteiger partial charge in [-0.05, 0) is 5.56 Å². The smallest absolute Gasteiger partial charge is 0.269 e. The zero-order valence-electron chi connectivity index (χ0n) is 11.4. The fourth-order valence-electron chi connectivity index (χ4n) is 2.01. The Morgan fingerprint density at radius 1 is 1.19 bits per heavy atom. The molecule has 0 aliphatic heterocycles. The number of imidazole rings is 1. The van der Waals surface area contributed by atoms with Crippen molar-refractivity contribution in [1.29, 1.82) is 0 Å². The van der Waals surface area contributed by atoms with E-state index in [0.717, 1.165) is 12.1 Å². The summed E-state index contributed by atoms with van der Waals surface area (Å²) >= 11 is 0. The van der Waals surface area contributed by atoms with Crippen molar-refractivity contribution in [1.82, 2.24) is 25.1 Å². The highest BCUT2D eigenvalue weighted by molar-refractivity contribution is 5.91. The van der Waals surface area contributed by atoms with Gasteiger partial charge in [0.2, 0.25) is 0 Å². The van der Waals surface area contributed by atoms with E-state index in [4.69, 9.17) is 0 Å². The van der Waals surface area contributed by atoms with Gasteiger partial charge in [0.1, 0.15) is 5.69 Å². The molecule has 6 nitrogen and oxygen atoms in total. The maximum Gasteiger partial charge on any atom is 0.269 e. The number of nitrogens with one attached hydrogen (secondary N) is 2.